The zero-order valence-corrected chi connectivity index (χ0v) is 12.0. The summed E-state index contributed by atoms with van der Waals surface area (Å²) in [5.74, 6) is -0.518. The van der Waals surface area contributed by atoms with Crippen LogP contribution in [-0.2, 0) is 13.5 Å². The number of aromatic carboxylic acids is 1. The Morgan fingerprint density at radius 1 is 1.27 bits per heavy atom. The van der Waals surface area contributed by atoms with Crippen LogP contribution in [0.25, 0.3) is 10.9 Å². The quantitative estimate of drug-likeness (QED) is 0.745. The van der Waals surface area contributed by atoms with E-state index in [-0.39, 0.29) is 5.69 Å². The van der Waals surface area contributed by atoms with Gasteiger partial charge in [0.15, 0.2) is 5.69 Å². The van der Waals surface area contributed by atoms with Crippen LogP contribution in [-0.4, -0.2) is 37.4 Å². The number of aromatic nitrogens is 4. The fourth-order valence-electron chi connectivity index (χ4n) is 2.21. The van der Waals surface area contributed by atoms with Gasteiger partial charge in [0.05, 0.1) is 24.1 Å². The highest BCUT2D eigenvalue weighted by molar-refractivity contribution is 5.84. The number of nitrogens with zero attached hydrogens (tertiary/aromatic N) is 4. The molecule has 0 radical (unpaired) electrons. The highest BCUT2D eigenvalue weighted by Crippen LogP contribution is 2.15. The van der Waals surface area contributed by atoms with E-state index in [0.29, 0.717) is 12.4 Å². The molecule has 0 fully saturated rings. The van der Waals surface area contributed by atoms with Crippen LogP contribution in [0.2, 0.25) is 0 Å². The molecule has 0 amide bonds. The maximum Gasteiger partial charge on any atom is 0.356 e. The van der Waals surface area contributed by atoms with Crippen molar-refractivity contribution in [1.29, 1.82) is 0 Å². The van der Waals surface area contributed by atoms with Gasteiger partial charge in [0.1, 0.15) is 5.82 Å². The van der Waals surface area contributed by atoms with Crippen LogP contribution in [0.4, 0.5) is 5.82 Å². The summed E-state index contributed by atoms with van der Waals surface area (Å²) in [7, 11) is 1.92. The fraction of sp³-hybridized carbons (Fsp3) is 0.200. The molecule has 22 heavy (non-hydrogen) atoms. The molecule has 1 aromatic carbocycles. The third kappa shape index (κ3) is 2.88. The molecule has 0 unspecified atom stereocenters. The van der Waals surface area contributed by atoms with E-state index < -0.39 is 5.97 Å². The summed E-state index contributed by atoms with van der Waals surface area (Å²) in [6, 6.07) is 6.24. The van der Waals surface area contributed by atoms with Gasteiger partial charge in [-0.2, -0.15) is 5.10 Å². The second-order valence-electron chi connectivity index (χ2n) is 4.93. The second-order valence-corrected chi connectivity index (χ2v) is 4.93. The summed E-state index contributed by atoms with van der Waals surface area (Å²) in [4.78, 5) is 18.5. The van der Waals surface area contributed by atoms with E-state index in [4.69, 9.17) is 5.11 Å². The minimum absolute atomic E-state index is 0.0628. The van der Waals surface area contributed by atoms with Crippen LogP contribution in [0.3, 0.4) is 0 Å². The molecule has 0 bridgehead atoms. The van der Waals surface area contributed by atoms with Crippen molar-refractivity contribution in [3.63, 3.8) is 0 Å². The first kappa shape index (κ1) is 14.0. The first-order chi connectivity index (χ1) is 10.6. The number of benzene rings is 1. The number of anilines is 1. The number of carbonyl (C=O) groups is 1. The highest BCUT2D eigenvalue weighted by atomic mass is 16.4. The summed E-state index contributed by atoms with van der Waals surface area (Å²) in [5, 5.41) is 17.2. The number of rotatable bonds is 5. The minimum Gasteiger partial charge on any atom is -0.476 e. The van der Waals surface area contributed by atoms with Crippen molar-refractivity contribution >= 4 is 22.7 Å². The number of carboxylic acids is 1. The molecule has 0 saturated heterocycles. The van der Waals surface area contributed by atoms with Gasteiger partial charge in [0.25, 0.3) is 0 Å². The maximum atomic E-state index is 10.7. The van der Waals surface area contributed by atoms with Gasteiger partial charge in [-0.15, -0.1) is 0 Å². The van der Waals surface area contributed by atoms with Crippen molar-refractivity contribution in [2.75, 3.05) is 11.9 Å². The molecule has 0 saturated carbocycles. The Labute approximate surface area is 126 Å². The Bertz CT molecular complexity index is 810. The van der Waals surface area contributed by atoms with Crippen LogP contribution < -0.4 is 5.32 Å². The van der Waals surface area contributed by atoms with Crippen LogP contribution in [0.15, 0.2) is 36.8 Å². The molecule has 7 nitrogen and oxygen atoms in total. The van der Waals surface area contributed by atoms with Gasteiger partial charge in [0, 0.05) is 19.0 Å². The van der Waals surface area contributed by atoms with E-state index in [1.807, 2.05) is 17.9 Å². The van der Waals surface area contributed by atoms with E-state index >= 15 is 0 Å². The van der Waals surface area contributed by atoms with Gasteiger partial charge in [-0.3, -0.25) is 4.68 Å². The average molecular weight is 297 g/mol. The van der Waals surface area contributed by atoms with Crippen molar-refractivity contribution in [3.8, 4) is 0 Å². The zero-order chi connectivity index (χ0) is 15.5. The lowest BCUT2D eigenvalue weighted by molar-refractivity contribution is 0.0690. The predicted molar refractivity (Wildman–Crippen MR) is 81.9 cm³/mol. The summed E-state index contributed by atoms with van der Waals surface area (Å²) >= 11 is 0. The number of hydrogen-bond acceptors (Lipinski definition) is 5. The lowest BCUT2D eigenvalue weighted by atomic mass is 10.1. The van der Waals surface area contributed by atoms with Crippen LogP contribution in [0.5, 0.6) is 0 Å². The first-order valence-electron chi connectivity index (χ1n) is 6.83. The van der Waals surface area contributed by atoms with E-state index in [9.17, 15) is 4.79 Å². The van der Waals surface area contributed by atoms with Crippen molar-refractivity contribution in [1.82, 2.24) is 19.7 Å². The van der Waals surface area contributed by atoms with Gasteiger partial charge >= 0.3 is 5.97 Å². The minimum atomic E-state index is -1.08. The molecule has 112 valence electrons. The Kier molecular flexibility index (Phi) is 3.69. The highest BCUT2D eigenvalue weighted by Gasteiger charge is 2.05. The molecule has 2 N–H and O–H groups in total. The van der Waals surface area contributed by atoms with Crippen molar-refractivity contribution < 1.29 is 9.90 Å². The number of carboxylic acid groups (broad SMARTS) is 1. The predicted octanol–water partition coefficient (Wildman–Crippen LogP) is 1.72. The Balaban J connectivity index is 1.61. The van der Waals surface area contributed by atoms with E-state index in [1.54, 1.807) is 0 Å². The second kappa shape index (κ2) is 5.80. The SMILES string of the molecule is Cn1ncc2ccc(CCNc3cnc(C(=O)O)cn3)cc21. The van der Waals surface area contributed by atoms with Gasteiger partial charge in [0.2, 0.25) is 0 Å². The summed E-state index contributed by atoms with van der Waals surface area (Å²) in [6.45, 7) is 0.685. The molecule has 7 heteroatoms. The average Bonchev–Trinajstić information content (AvgIpc) is 2.89. The van der Waals surface area contributed by atoms with Crippen molar-refractivity contribution in [2.24, 2.45) is 7.05 Å². The largest absolute Gasteiger partial charge is 0.476 e. The molecule has 3 rings (SSSR count). The van der Waals surface area contributed by atoms with Gasteiger partial charge < -0.3 is 10.4 Å². The van der Waals surface area contributed by atoms with Crippen molar-refractivity contribution in [2.45, 2.75) is 6.42 Å². The molecule has 0 spiro atoms. The Morgan fingerprint density at radius 3 is 2.86 bits per heavy atom. The third-order valence-electron chi connectivity index (χ3n) is 3.40. The zero-order valence-electron chi connectivity index (χ0n) is 12.0. The number of fused-ring (bicyclic) bond motifs is 1. The van der Waals surface area contributed by atoms with Crippen molar-refractivity contribution in [3.05, 3.63) is 48.0 Å². The standard InChI is InChI=1S/C15H15N5O2/c1-20-13-6-10(2-3-11(13)7-19-20)4-5-16-14-9-17-12(8-18-14)15(21)22/h2-3,6-9H,4-5H2,1H3,(H,16,18)(H,21,22). The van der Waals surface area contributed by atoms with Gasteiger partial charge in [-0.1, -0.05) is 12.1 Å². The lowest BCUT2D eigenvalue weighted by Gasteiger charge is -2.06. The summed E-state index contributed by atoms with van der Waals surface area (Å²) in [5.41, 5.74) is 2.23. The Hall–Kier alpha value is -2.96. The van der Waals surface area contributed by atoms with Crippen LogP contribution >= 0.6 is 0 Å². The first-order valence-corrected chi connectivity index (χ1v) is 6.83. The number of aryl methyl sites for hydroxylation is 1. The van der Waals surface area contributed by atoms with E-state index in [2.05, 4.69) is 38.6 Å². The van der Waals surface area contributed by atoms with Gasteiger partial charge in [-0.25, -0.2) is 14.8 Å². The third-order valence-corrected chi connectivity index (χ3v) is 3.40. The molecular weight excluding hydrogens is 282 g/mol. The maximum absolute atomic E-state index is 10.7. The summed E-state index contributed by atoms with van der Waals surface area (Å²) in [6.07, 6.45) is 5.33. The number of nitrogens with one attached hydrogen (secondary N) is 1. The fourth-order valence-corrected chi connectivity index (χ4v) is 2.21. The molecule has 2 aromatic heterocycles. The molecule has 3 aromatic rings. The molecule has 0 atom stereocenters. The topological polar surface area (TPSA) is 92.9 Å². The smallest absolute Gasteiger partial charge is 0.356 e. The number of hydrogen-bond donors (Lipinski definition) is 2. The normalized spacial score (nSPS) is 10.8. The molecule has 0 aliphatic rings. The molecule has 2 heterocycles. The van der Waals surface area contributed by atoms with Crippen LogP contribution in [0, 0.1) is 0 Å². The van der Waals surface area contributed by atoms with Gasteiger partial charge in [-0.05, 0) is 18.1 Å². The molecule has 0 aliphatic carbocycles. The van der Waals surface area contributed by atoms with E-state index in [1.165, 1.54) is 18.0 Å². The molecule has 0 aliphatic heterocycles. The molecular formula is C15H15N5O2. The van der Waals surface area contributed by atoms with E-state index in [0.717, 1.165) is 17.3 Å². The summed E-state index contributed by atoms with van der Waals surface area (Å²) < 4.78 is 1.85. The Morgan fingerprint density at radius 2 is 2.14 bits per heavy atom. The van der Waals surface area contributed by atoms with Crippen LogP contribution in [0.1, 0.15) is 16.1 Å². The lowest BCUT2D eigenvalue weighted by Crippen LogP contribution is -2.08. The monoisotopic (exact) mass is 297 g/mol.